The maximum atomic E-state index is 13.9. The Hall–Kier alpha value is -2.09. The van der Waals surface area contributed by atoms with Gasteiger partial charge in [-0.2, -0.15) is 23.3 Å². The topological polar surface area (TPSA) is 62.1 Å². The summed E-state index contributed by atoms with van der Waals surface area (Å²) in [5.74, 6) is -1.91. The Bertz CT molecular complexity index is 822. The Morgan fingerprint density at radius 1 is 1.38 bits per heavy atom. The van der Waals surface area contributed by atoms with Gasteiger partial charge in [0, 0.05) is 5.71 Å². The maximum absolute atomic E-state index is 13.9. The first-order valence-electron chi connectivity index (χ1n) is 9.90. The second-order valence-corrected chi connectivity index (χ2v) is 8.32. The zero-order valence-electron chi connectivity index (χ0n) is 17.1. The third kappa shape index (κ3) is 3.74. The Kier molecular flexibility index (Phi) is 5.69. The number of amides is 1. The summed E-state index contributed by atoms with van der Waals surface area (Å²) in [5, 5.41) is 14.8. The molecule has 5 nitrogen and oxygen atoms in total. The number of hydrogen-bond donors (Lipinski definition) is 1. The smallest absolute Gasteiger partial charge is 0.439 e. The molecule has 1 aliphatic heterocycles. The van der Waals surface area contributed by atoms with Crippen molar-refractivity contribution in [2.45, 2.75) is 64.8 Å². The molecule has 29 heavy (non-hydrogen) atoms. The van der Waals surface area contributed by atoms with Gasteiger partial charge in [0.15, 0.2) is 6.61 Å². The molecular formula is C21H27F3N2O3. The standard InChI is InChI=1S/C21H27F3N2O3/c1-12(2)15-9-8-13(3)10-17(15)29-11-18(27)26-20(28,21(22,23)24)16-7-5-6-14(4)19(16)25-26/h8-10,12,14,16,28H,5-7,11H2,1-4H3/t14-,16+,20+/m1/s1. The molecule has 8 heteroatoms. The Balaban J connectivity index is 1.87. The minimum atomic E-state index is -5.03. The van der Waals surface area contributed by atoms with Crippen LogP contribution in [0.3, 0.4) is 0 Å². The second-order valence-electron chi connectivity index (χ2n) is 8.32. The molecule has 0 unspecified atom stereocenters. The number of nitrogens with zero attached hydrogens (tertiary/aromatic N) is 2. The number of carbonyl (C=O) groups excluding carboxylic acids is 1. The van der Waals surface area contributed by atoms with Gasteiger partial charge >= 0.3 is 6.18 Å². The summed E-state index contributed by atoms with van der Waals surface area (Å²) in [7, 11) is 0. The van der Waals surface area contributed by atoms with Crippen LogP contribution in [0.15, 0.2) is 23.3 Å². The lowest BCUT2D eigenvalue weighted by molar-refractivity contribution is -0.317. The molecule has 1 saturated carbocycles. The molecule has 0 aromatic heterocycles. The van der Waals surface area contributed by atoms with Crippen LogP contribution < -0.4 is 4.74 Å². The fraction of sp³-hybridized carbons (Fsp3) is 0.619. The normalized spacial score (nSPS) is 27.1. The lowest BCUT2D eigenvalue weighted by atomic mass is 9.75. The summed E-state index contributed by atoms with van der Waals surface area (Å²) in [5.41, 5.74) is -1.33. The Morgan fingerprint density at radius 3 is 2.69 bits per heavy atom. The molecule has 1 heterocycles. The summed E-state index contributed by atoms with van der Waals surface area (Å²) < 4.78 is 47.2. The lowest BCUT2D eigenvalue weighted by Gasteiger charge is -2.38. The second kappa shape index (κ2) is 7.63. The molecule has 1 aromatic carbocycles. The molecule has 0 radical (unpaired) electrons. The molecule has 0 bridgehead atoms. The highest BCUT2D eigenvalue weighted by molar-refractivity contribution is 5.95. The van der Waals surface area contributed by atoms with Gasteiger partial charge in [0.25, 0.3) is 11.6 Å². The van der Waals surface area contributed by atoms with E-state index in [1.54, 1.807) is 13.0 Å². The van der Waals surface area contributed by atoms with E-state index in [4.69, 9.17) is 4.74 Å². The first-order valence-corrected chi connectivity index (χ1v) is 9.90. The van der Waals surface area contributed by atoms with Crippen LogP contribution in [-0.2, 0) is 4.79 Å². The number of hydrazone groups is 1. The van der Waals surface area contributed by atoms with Crippen molar-refractivity contribution in [3.05, 3.63) is 29.3 Å². The number of fused-ring (bicyclic) bond motifs is 1. The molecule has 3 atom stereocenters. The highest BCUT2D eigenvalue weighted by Gasteiger charge is 2.69. The third-order valence-electron chi connectivity index (χ3n) is 5.81. The van der Waals surface area contributed by atoms with Crippen molar-refractivity contribution in [2.75, 3.05) is 6.61 Å². The highest BCUT2D eigenvalue weighted by Crippen LogP contribution is 2.49. The number of ether oxygens (including phenoxy) is 1. The Labute approximate surface area is 168 Å². The van der Waals surface area contributed by atoms with Crippen molar-refractivity contribution >= 4 is 11.6 Å². The maximum Gasteiger partial charge on any atom is 0.439 e. The zero-order chi connectivity index (χ0) is 21.6. The molecule has 0 spiro atoms. The van der Waals surface area contributed by atoms with Crippen molar-refractivity contribution in [3.63, 3.8) is 0 Å². The number of aliphatic hydroxyl groups is 1. The molecule has 3 rings (SSSR count). The number of hydrogen-bond acceptors (Lipinski definition) is 4. The van der Waals surface area contributed by atoms with E-state index in [-0.39, 0.29) is 29.0 Å². The molecule has 1 amide bonds. The molecule has 160 valence electrons. The van der Waals surface area contributed by atoms with Gasteiger partial charge in [-0.25, -0.2) is 0 Å². The largest absolute Gasteiger partial charge is 0.483 e. The molecule has 1 aromatic rings. The molecule has 2 aliphatic rings. The minimum absolute atomic E-state index is 0.114. The lowest BCUT2D eigenvalue weighted by Crippen LogP contribution is -2.62. The fourth-order valence-electron chi connectivity index (χ4n) is 4.19. The average molecular weight is 412 g/mol. The quantitative estimate of drug-likeness (QED) is 0.798. The van der Waals surface area contributed by atoms with Crippen LogP contribution in [0.2, 0.25) is 0 Å². The summed E-state index contributed by atoms with van der Waals surface area (Å²) in [6, 6.07) is 5.53. The monoisotopic (exact) mass is 412 g/mol. The first kappa shape index (κ1) is 21.6. The Morgan fingerprint density at radius 2 is 2.07 bits per heavy atom. The van der Waals surface area contributed by atoms with Crippen LogP contribution in [-0.4, -0.2) is 40.2 Å². The van der Waals surface area contributed by atoms with E-state index in [2.05, 4.69) is 5.10 Å². The molecule has 1 N–H and O–H groups in total. The average Bonchev–Trinajstić information content (AvgIpc) is 2.95. The van der Waals surface area contributed by atoms with Gasteiger partial charge in [-0.05, 0) is 48.8 Å². The van der Waals surface area contributed by atoms with Gasteiger partial charge in [0.1, 0.15) is 5.75 Å². The van der Waals surface area contributed by atoms with Crippen LogP contribution in [0, 0.1) is 18.8 Å². The van der Waals surface area contributed by atoms with E-state index >= 15 is 0 Å². The van der Waals surface area contributed by atoms with Crippen molar-refractivity contribution < 1.29 is 27.8 Å². The zero-order valence-corrected chi connectivity index (χ0v) is 17.1. The van der Waals surface area contributed by atoms with Crippen molar-refractivity contribution in [3.8, 4) is 5.75 Å². The van der Waals surface area contributed by atoms with Gasteiger partial charge in [-0.15, -0.1) is 0 Å². The third-order valence-corrected chi connectivity index (χ3v) is 5.81. The van der Waals surface area contributed by atoms with Crippen LogP contribution in [0.5, 0.6) is 5.75 Å². The van der Waals surface area contributed by atoms with Gasteiger partial charge in [-0.3, -0.25) is 4.79 Å². The number of halogens is 3. The minimum Gasteiger partial charge on any atom is -0.483 e. The van der Waals surface area contributed by atoms with Crippen LogP contribution in [0.1, 0.15) is 57.1 Å². The predicted octanol–water partition coefficient (Wildman–Crippen LogP) is 4.38. The number of carbonyl (C=O) groups is 1. The van der Waals surface area contributed by atoms with Crippen molar-refractivity contribution in [2.24, 2.45) is 16.9 Å². The predicted molar refractivity (Wildman–Crippen MR) is 103 cm³/mol. The van der Waals surface area contributed by atoms with E-state index in [0.29, 0.717) is 18.6 Å². The number of aryl methyl sites for hydroxylation is 1. The number of benzene rings is 1. The summed E-state index contributed by atoms with van der Waals surface area (Å²) in [4.78, 5) is 12.7. The molecular weight excluding hydrogens is 385 g/mol. The van der Waals surface area contributed by atoms with Crippen LogP contribution in [0.25, 0.3) is 0 Å². The SMILES string of the molecule is Cc1ccc(C(C)C)c(OCC(=O)N2N=C3[C@H](C)CCC[C@@H]3[C@]2(O)C(F)(F)F)c1. The molecule has 1 aliphatic carbocycles. The van der Waals surface area contributed by atoms with E-state index in [1.807, 2.05) is 32.9 Å². The van der Waals surface area contributed by atoms with E-state index in [9.17, 15) is 23.1 Å². The summed E-state index contributed by atoms with van der Waals surface area (Å²) in [6.45, 7) is 6.91. The summed E-state index contributed by atoms with van der Waals surface area (Å²) in [6.07, 6.45) is -3.66. The van der Waals surface area contributed by atoms with E-state index in [1.165, 1.54) is 0 Å². The van der Waals surface area contributed by atoms with Crippen LogP contribution >= 0.6 is 0 Å². The van der Waals surface area contributed by atoms with Gasteiger partial charge in [0.2, 0.25) is 0 Å². The molecule has 0 saturated heterocycles. The van der Waals surface area contributed by atoms with Crippen molar-refractivity contribution in [1.82, 2.24) is 5.01 Å². The van der Waals surface area contributed by atoms with Crippen molar-refractivity contribution in [1.29, 1.82) is 0 Å². The fourth-order valence-corrected chi connectivity index (χ4v) is 4.19. The summed E-state index contributed by atoms with van der Waals surface area (Å²) >= 11 is 0. The van der Waals surface area contributed by atoms with E-state index in [0.717, 1.165) is 11.1 Å². The number of rotatable bonds is 4. The molecule has 1 fully saturated rings. The van der Waals surface area contributed by atoms with Gasteiger partial charge in [0.05, 0.1) is 5.92 Å². The van der Waals surface area contributed by atoms with Crippen LogP contribution in [0.4, 0.5) is 13.2 Å². The van der Waals surface area contributed by atoms with E-state index < -0.39 is 30.3 Å². The first-order chi connectivity index (χ1) is 13.5. The van der Waals surface area contributed by atoms with Gasteiger partial charge < -0.3 is 9.84 Å². The highest BCUT2D eigenvalue weighted by atomic mass is 19.4. The van der Waals surface area contributed by atoms with Gasteiger partial charge in [-0.1, -0.05) is 39.3 Å². The number of alkyl halides is 3.